The van der Waals surface area contributed by atoms with E-state index in [4.69, 9.17) is 9.47 Å². The zero-order valence-corrected chi connectivity index (χ0v) is 21.8. The molecule has 2 aromatic rings. The standard InChI is InChI=1S/C29H42N2O4/c1-5-7-8-9-10-19-31(29(33)30-26-16-14-23(3)15-17-26)20-18-24-12-11-13-25(21-24)22-27(35-6-2)28(32)34-4/h11-17,21,27H,5-10,18-20,22H2,1-4H3,(H,30,33). The van der Waals surface area contributed by atoms with Gasteiger partial charge in [-0.05, 0) is 49.9 Å². The van der Waals surface area contributed by atoms with Gasteiger partial charge in [0.1, 0.15) is 0 Å². The van der Waals surface area contributed by atoms with Crippen LogP contribution in [0.4, 0.5) is 10.5 Å². The van der Waals surface area contributed by atoms with Gasteiger partial charge in [0.2, 0.25) is 0 Å². The first kappa shape index (κ1) is 28.4. The van der Waals surface area contributed by atoms with Crippen LogP contribution in [-0.2, 0) is 27.1 Å². The van der Waals surface area contributed by atoms with Crippen LogP contribution in [0.3, 0.4) is 0 Å². The zero-order chi connectivity index (χ0) is 25.5. The second kappa shape index (κ2) is 15.9. The van der Waals surface area contributed by atoms with Crippen molar-refractivity contribution in [2.24, 2.45) is 0 Å². The monoisotopic (exact) mass is 482 g/mol. The molecule has 1 N–H and O–H groups in total. The van der Waals surface area contributed by atoms with Crippen molar-refractivity contribution in [3.8, 4) is 0 Å². The highest BCUT2D eigenvalue weighted by molar-refractivity contribution is 5.89. The normalized spacial score (nSPS) is 11.7. The number of amides is 2. The Kier molecular flexibility index (Phi) is 12.9. The molecule has 0 spiro atoms. The molecule has 0 saturated heterocycles. The third-order valence-electron chi connectivity index (χ3n) is 6.04. The van der Waals surface area contributed by atoms with Crippen molar-refractivity contribution in [1.29, 1.82) is 0 Å². The number of anilines is 1. The Morgan fingerprint density at radius 1 is 0.943 bits per heavy atom. The van der Waals surface area contributed by atoms with Gasteiger partial charge in [-0.25, -0.2) is 9.59 Å². The summed E-state index contributed by atoms with van der Waals surface area (Å²) in [6.07, 6.45) is 6.35. The number of hydrogen-bond donors (Lipinski definition) is 1. The summed E-state index contributed by atoms with van der Waals surface area (Å²) in [4.78, 5) is 27.0. The molecule has 1 unspecified atom stereocenters. The Balaban J connectivity index is 2.02. The Morgan fingerprint density at radius 3 is 2.34 bits per heavy atom. The van der Waals surface area contributed by atoms with Crippen LogP contribution in [0.15, 0.2) is 48.5 Å². The third kappa shape index (κ3) is 10.5. The van der Waals surface area contributed by atoms with Gasteiger partial charge in [0.25, 0.3) is 0 Å². The van der Waals surface area contributed by atoms with Crippen LogP contribution in [0.5, 0.6) is 0 Å². The van der Waals surface area contributed by atoms with Crippen LogP contribution >= 0.6 is 0 Å². The molecule has 2 amide bonds. The molecule has 0 bridgehead atoms. The number of carbonyl (C=O) groups excluding carboxylic acids is 2. The lowest BCUT2D eigenvalue weighted by Gasteiger charge is -2.23. The van der Waals surface area contributed by atoms with Crippen LogP contribution in [0.1, 0.15) is 62.6 Å². The van der Waals surface area contributed by atoms with E-state index in [2.05, 4.69) is 24.4 Å². The third-order valence-corrected chi connectivity index (χ3v) is 6.04. The number of carbonyl (C=O) groups is 2. The molecule has 0 aliphatic heterocycles. The van der Waals surface area contributed by atoms with E-state index in [9.17, 15) is 9.59 Å². The molecule has 0 heterocycles. The number of aryl methyl sites for hydroxylation is 1. The Morgan fingerprint density at radius 2 is 1.66 bits per heavy atom. The van der Waals surface area contributed by atoms with Gasteiger partial charge in [0.05, 0.1) is 7.11 Å². The maximum atomic E-state index is 13.1. The molecule has 0 aliphatic rings. The van der Waals surface area contributed by atoms with Crippen LogP contribution in [0.25, 0.3) is 0 Å². The van der Waals surface area contributed by atoms with Crippen molar-refractivity contribution < 1.29 is 19.1 Å². The molecule has 0 radical (unpaired) electrons. The van der Waals surface area contributed by atoms with E-state index in [1.807, 2.05) is 55.1 Å². The van der Waals surface area contributed by atoms with E-state index in [0.29, 0.717) is 19.6 Å². The Bertz CT molecular complexity index is 898. The van der Waals surface area contributed by atoms with Gasteiger partial charge in [-0.15, -0.1) is 0 Å². The average molecular weight is 483 g/mol. The maximum absolute atomic E-state index is 13.1. The zero-order valence-electron chi connectivity index (χ0n) is 21.8. The minimum Gasteiger partial charge on any atom is -0.467 e. The number of benzene rings is 2. The van der Waals surface area contributed by atoms with Crippen molar-refractivity contribution in [3.05, 3.63) is 65.2 Å². The molecule has 35 heavy (non-hydrogen) atoms. The van der Waals surface area contributed by atoms with Gasteiger partial charge in [-0.2, -0.15) is 0 Å². The highest BCUT2D eigenvalue weighted by atomic mass is 16.6. The second-order valence-electron chi connectivity index (χ2n) is 8.94. The van der Waals surface area contributed by atoms with E-state index in [-0.39, 0.29) is 12.0 Å². The Hall–Kier alpha value is -2.86. The van der Waals surface area contributed by atoms with Crippen LogP contribution in [0.2, 0.25) is 0 Å². The summed E-state index contributed by atoms with van der Waals surface area (Å²) < 4.78 is 10.4. The lowest BCUT2D eigenvalue weighted by molar-refractivity contribution is -0.153. The molecular weight excluding hydrogens is 440 g/mol. The summed E-state index contributed by atoms with van der Waals surface area (Å²) in [5.74, 6) is -0.362. The topological polar surface area (TPSA) is 67.9 Å². The maximum Gasteiger partial charge on any atom is 0.335 e. The first-order chi connectivity index (χ1) is 17.0. The minimum atomic E-state index is -0.611. The Labute approximate surface area is 211 Å². The van der Waals surface area contributed by atoms with E-state index in [1.165, 1.54) is 26.4 Å². The molecule has 192 valence electrons. The second-order valence-corrected chi connectivity index (χ2v) is 8.94. The van der Waals surface area contributed by atoms with Crippen LogP contribution < -0.4 is 5.32 Å². The number of methoxy groups -OCH3 is 1. The first-order valence-corrected chi connectivity index (χ1v) is 12.9. The predicted molar refractivity (Wildman–Crippen MR) is 142 cm³/mol. The molecular formula is C29H42N2O4. The molecule has 2 aromatic carbocycles. The number of ether oxygens (including phenoxy) is 2. The summed E-state index contributed by atoms with van der Waals surface area (Å²) in [5.41, 5.74) is 4.11. The lowest BCUT2D eigenvalue weighted by Crippen LogP contribution is -2.37. The highest BCUT2D eigenvalue weighted by Gasteiger charge is 2.20. The number of urea groups is 1. The SMILES string of the molecule is CCCCCCCN(CCc1cccc(CC(OCC)C(=O)OC)c1)C(=O)Nc1ccc(C)cc1. The number of hydrogen-bond acceptors (Lipinski definition) is 4. The fraction of sp³-hybridized carbons (Fsp3) is 0.517. The summed E-state index contributed by atoms with van der Waals surface area (Å²) >= 11 is 0. The summed E-state index contributed by atoms with van der Waals surface area (Å²) in [5, 5.41) is 3.05. The molecule has 0 fully saturated rings. The van der Waals surface area contributed by atoms with Gasteiger partial charge in [-0.1, -0.05) is 74.6 Å². The van der Waals surface area contributed by atoms with Gasteiger partial charge < -0.3 is 19.7 Å². The number of esters is 1. The molecule has 0 aromatic heterocycles. The van der Waals surface area contributed by atoms with E-state index in [0.717, 1.165) is 48.2 Å². The molecule has 6 heteroatoms. The number of nitrogens with one attached hydrogen (secondary N) is 1. The van der Waals surface area contributed by atoms with Crippen molar-refractivity contribution in [2.75, 3.05) is 32.1 Å². The molecule has 1 atom stereocenters. The van der Waals surface area contributed by atoms with E-state index < -0.39 is 6.10 Å². The average Bonchev–Trinajstić information content (AvgIpc) is 2.86. The molecule has 0 aliphatic carbocycles. The van der Waals surface area contributed by atoms with E-state index >= 15 is 0 Å². The number of nitrogens with zero attached hydrogens (tertiary/aromatic N) is 1. The fourth-order valence-corrected chi connectivity index (χ4v) is 3.99. The largest absolute Gasteiger partial charge is 0.467 e. The first-order valence-electron chi connectivity index (χ1n) is 12.9. The van der Waals surface area contributed by atoms with Crippen molar-refractivity contribution in [3.63, 3.8) is 0 Å². The van der Waals surface area contributed by atoms with Gasteiger partial charge >= 0.3 is 12.0 Å². The van der Waals surface area contributed by atoms with Gasteiger partial charge in [0.15, 0.2) is 6.10 Å². The highest BCUT2D eigenvalue weighted by Crippen LogP contribution is 2.14. The smallest absolute Gasteiger partial charge is 0.335 e. The summed E-state index contributed by atoms with van der Waals surface area (Å²) in [6.45, 7) is 7.91. The van der Waals surface area contributed by atoms with Crippen LogP contribution in [-0.4, -0.2) is 49.8 Å². The molecule has 0 saturated carbocycles. The van der Waals surface area contributed by atoms with Crippen LogP contribution in [0, 0.1) is 6.92 Å². The summed E-state index contributed by atoms with van der Waals surface area (Å²) in [6, 6.07) is 15.9. The minimum absolute atomic E-state index is 0.0670. The quantitative estimate of drug-likeness (QED) is 0.244. The lowest BCUT2D eigenvalue weighted by atomic mass is 10.0. The molecule has 6 nitrogen and oxygen atoms in total. The van der Waals surface area contributed by atoms with E-state index in [1.54, 1.807) is 0 Å². The van der Waals surface area contributed by atoms with Crippen molar-refractivity contribution >= 4 is 17.7 Å². The van der Waals surface area contributed by atoms with Gasteiger partial charge in [-0.3, -0.25) is 0 Å². The summed E-state index contributed by atoms with van der Waals surface area (Å²) in [7, 11) is 1.38. The number of rotatable bonds is 15. The number of unbranched alkanes of at least 4 members (excludes halogenated alkanes) is 4. The van der Waals surface area contributed by atoms with Crippen molar-refractivity contribution in [1.82, 2.24) is 4.90 Å². The fourth-order valence-electron chi connectivity index (χ4n) is 3.99. The van der Waals surface area contributed by atoms with Gasteiger partial charge in [0, 0.05) is 31.8 Å². The predicted octanol–water partition coefficient (Wildman–Crippen LogP) is 6.16. The molecule has 2 rings (SSSR count). The van der Waals surface area contributed by atoms with Crippen molar-refractivity contribution in [2.45, 2.75) is 71.8 Å².